The Bertz CT molecular complexity index is 623. The predicted octanol–water partition coefficient (Wildman–Crippen LogP) is 5.59. The molecule has 0 aliphatic rings. The first-order valence-electron chi connectivity index (χ1n) is 8.45. The van der Waals surface area contributed by atoms with Crippen molar-refractivity contribution in [1.29, 1.82) is 0 Å². The predicted molar refractivity (Wildman–Crippen MR) is 102 cm³/mol. The summed E-state index contributed by atoms with van der Waals surface area (Å²) < 4.78 is 16.9. The molecule has 2 rings (SSSR count). The standard InChI is InChI=1S/C22H26O3/c1-17-5-9-21(10-6-17)23-15-13-19(3)25-20(4)14-16-24-22-11-7-18(2)8-12-22/h5-12H,3-4,13-16H2,1-2H3. The SMILES string of the molecule is C=C(CCOc1ccc(C)cc1)OC(=C)CCOc1ccc(C)cc1. The number of ether oxygens (including phenoxy) is 3. The first kappa shape index (κ1) is 18.7. The Labute approximate surface area is 150 Å². The second kappa shape index (κ2) is 9.58. The summed E-state index contributed by atoms with van der Waals surface area (Å²) in [4.78, 5) is 0. The highest BCUT2D eigenvalue weighted by atomic mass is 16.5. The average molecular weight is 338 g/mol. The third-order valence-electron chi connectivity index (χ3n) is 3.63. The third-order valence-corrected chi connectivity index (χ3v) is 3.63. The molecule has 0 atom stereocenters. The minimum absolute atomic E-state index is 0.523. The van der Waals surface area contributed by atoms with Crippen LogP contribution in [0, 0.1) is 13.8 Å². The smallest absolute Gasteiger partial charge is 0.119 e. The van der Waals surface area contributed by atoms with E-state index in [4.69, 9.17) is 14.2 Å². The van der Waals surface area contributed by atoms with E-state index in [2.05, 4.69) is 13.2 Å². The van der Waals surface area contributed by atoms with E-state index in [1.54, 1.807) is 0 Å². The summed E-state index contributed by atoms with van der Waals surface area (Å²) >= 11 is 0. The molecule has 0 aromatic heterocycles. The Morgan fingerprint density at radius 2 is 1.04 bits per heavy atom. The molecule has 132 valence electrons. The lowest BCUT2D eigenvalue weighted by Crippen LogP contribution is -2.03. The van der Waals surface area contributed by atoms with Crippen molar-refractivity contribution in [2.75, 3.05) is 13.2 Å². The topological polar surface area (TPSA) is 27.7 Å². The van der Waals surface area contributed by atoms with Gasteiger partial charge < -0.3 is 14.2 Å². The first-order chi connectivity index (χ1) is 12.0. The monoisotopic (exact) mass is 338 g/mol. The zero-order valence-corrected chi connectivity index (χ0v) is 15.1. The van der Waals surface area contributed by atoms with Crippen LogP contribution in [0.3, 0.4) is 0 Å². The van der Waals surface area contributed by atoms with Gasteiger partial charge in [-0.15, -0.1) is 0 Å². The molecule has 0 aliphatic carbocycles. The lowest BCUT2D eigenvalue weighted by atomic mass is 10.2. The van der Waals surface area contributed by atoms with Crippen LogP contribution in [0.4, 0.5) is 0 Å². The zero-order chi connectivity index (χ0) is 18.1. The summed E-state index contributed by atoms with van der Waals surface area (Å²) in [6, 6.07) is 15.9. The van der Waals surface area contributed by atoms with E-state index >= 15 is 0 Å². The fraction of sp³-hybridized carbons (Fsp3) is 0.273. The molecule has 0 heterocycles. The van der Waals surface area contributed by atoms with Crippen LogP contribution in [0.25, 0.3) is 0 Å². The molecular weight excluding hydrogens is 312 g/mol. The van der Waals surface area contributed by atoms with Crippen molar-refractivity contribution >= 4 is 0 Å². The van der Waals surface area contributed by atoms with Crippen molar-refractivity contribution in [2.24, 2.45) is 0 Å². The molecular formula is C22H26O3. The maximum absolute atomic E-state index is 5.67. The van der Waals surface area contributed by atoms with Gasteiger partial charge in [0.05, 0.1) is 24.7 Å². The van der Waals surface area contributed by atoms with E-state index in [-0.39, 0.29) is 0 Å². The van der Waals surface area contributed by atoms with Crippen molar-refractivity contribution in [3.05, 3.63) is 84.3 Å². The lowest BCUT2D eigenvalue weighted by Gasteiger charge is -2.13. The highest BCUT2D eigenvalue weighted by Crippen LogP contribution is 2.16. The van der Waals surface area contributed by atoms with Crippen molar-refractivity contribution in [3.8, 4) is 11.5 Å². The Morgan fingerprint density at radius 3 is 1.40 bits per heavy atom. The minimum Gasteiger partial charge on any atom is -0.493 e. The Hall–Kier alpha value is -2.68. The van der Waals surface area contributed by atoms with Crippen molar-refractivity contribution in [1.82, 2.24) is 0 Å². The molecule has 25 heavy (non-hydrogen) atoms. The van der Waals surface area contributed by atoms with E-state index in [9.17, 15) is 0 Å². The van der Waals surface area contributed by atoms with E-state index in [0.29, 0.717) is 37.6 Å². The first-order valence-corrected chi connectivity index (χ1v) is 8.45. The molecule has 0 radical (unpaired) electrons. The molecule has 3 nitrogen and oxygen atoms in total. The van der Waals surface area contributed by atoms with Gasteiger partial charge in [0.2, 0.25) is 0 Å². The Morgan fingerprint density at radius 1 is 0.680 bits per heavy atom. The van der Waals surface area contributed by atoms with Crippen LogP contribution in [0.15, 0.2) is 73.2 Å². The summed E-state index contributed by atoms with van der Waals surface area (Å²) in [5.41, 5.74) is 2.42. The quantitative estimate of drug-likeness (QED) is 0.529. The van der Waals surface area contributed by atoms with Gasteiger partial charge in [-0.25, -0.2) is 0 Å². The van der Waals surface area contributed by atoms with E-state index in [0.717, 1.165) is 11.5 Å². The third kappa shape index (κ3) is 7.17. The second-order valence-electron chi connectivity index (χ2n) is 6.00. The normalized spacial score (nSPS) is 10.2. The molecule has 0 bridgehead atoms. The van der Waals surface area contributed by atoms with Gasteiger partial charge in [0, 0.05) is 12.8 Å². The van der Waals surface area contributed by atoms with Gasteiger partial charge >= 0.3 is 0 Å². The van der Waals surface area contributed by atoms with E-state index in [1.165, 1.54) is 11.1 Å². The molecule has 0 spiro atoms. The van der Waals surface area contributed by atoms with Crippen molar-refractivity contribution in [2.45, 2.75) is 26.7 Å². The molecule has 0 amide bonds. The number of rotatable bonds is 10. The zero-order valence-electron chi connectivity index (χ0n) is 15.1. The maximum atomic E-state index is 5.67. The fourth-order valence-electron chi connectivity index (χ4n) is 2.14. The van der Waals surface area contributed by atoms with Gasteiger partial charge in [0.1, 0.15) is 11.5 Å². The highest BCUT2D eigenvalue weighted by molar-refractivity contribution is 5.27. The molecule has 0 saturated heterocycles. The summed E-state index contributed by atoms with van der Waals surface area (Å²) in [6.45, 7) is 13.0. The summed E-state index contributed by atoms with van der Waals surface area (Å²) in [6.07, 6.45) is 1.23. The van der Waals surface area contributed by atoms with Gasteiger partial charge in [0.15, 0.2) is 0 Å². The van der Waals surface area contributed by atoms with Crippen LogP contribution in [-0.2, 0) is 4.74 Å². The van der Waals surface area contributed by atoms with Crippen LogP contribution >= 0.6 is 0 Å². The minimum atomic E-state index is 0.523. The number of hydrogen-bond donors (Lipinski definition) is 0. The molecule has 3 heteroatoms. The van der Waals surface area contributed by atoms with Crippen LogP contribution in [0.2, 0.25) is 0 Å². The number of benzene rings is 2. The van der Waals surface area contributed by atoms with E-state index < -0.39 is 0 Å². The number of aryl methyl sites for hydroxylation is 2. The molecule has 2 aromatic carbocycles. The molecule has 0 unspecified atom stereocenters. The van der Waals surface area contributed by atoms with Crippen LogP contribution in [0.5, 0.6) is 11.5 Å². The Kier molecular flexibility index (Phi) is 7.15. The van der Waals surface area contributed by atoms with Gasteiger partial charge in [0.25, 0.3) is 0 Å². The van der Waals surface area contributed by atoms with Crippen LogP contribution in [-0.4, -0.2) is 13.2 Å². The molecule has 0 saturated carbocycles. The van der Waals surface area contributed by atoms with Crippen LogP contribution in [0.1, 0.15) is 24.0 Å². The number of hydrogen-bond acceptors (Lipinski definition) is 3. The summed E-state index contributed by atoms with van der Waals surface area (Å²) in [5, 5.41) is 0. The largest absolute Gasteiger partial charge is 0.493 e. The van der Waals surface area contributed by atoms with Crippen molar-refractivity contribution in [3.63, 3.8) is 0 Å². The van der Waals surface area contributed by atoms with E-state index in [1.807, 2.05) is 62.4 Å². The van der Waals surface area contributed by atoms with Gasteiger partial charge in [-0.3, -0.25) is 0 Å². The molecule has 0 aliphatic heterocycles. The van der Waals surface area contributed by atoms with Crippen molar-refractivity contribution < 1.29 is 14.2 Å². The van der Waals surface area contributed by atoms with Gasteiger partial charge in [-0.05, 0) is 38.1 Å². The second-order valence-corrected chi connectivity index (χ2v) is 6.00. The maximum Gasteiger partial charge on any atom is 0.119 e. The van der Waals surface area contributed by atoms with Gasteiger partial charge in [-0.1, -0.05) is 48.6 Å². The fourth-order valence-corrected chi connectivity index (χ4v) is 2.14. The van der Waals surface area contributed by atoms with Gasteiger partial charge in [-0.2, -0.15) is 0 Å². The average Bonchev–Trinajstić information content (AvgIpc) is 2.58. The van der Waals surface area contributed by atoms with Crippen LogP contribution < -0.4 is 9.47 Å². The summed E-state index contributed by atoms with van der Waals surface area (Å²) in [5.74, 6) is 2.99. The molecule has 0 fully saturated rings. The molecule has 2 aromatic rings. The lowest BCUT2D eigenvalue weighted by molar-refractivity contribution is 0.227. The highest BCUT2D eigenvalue weighted by Gasteiger charge is 2.02. The Balaban J connectivity index is 1.60. The molecule has 0 N–H and O–H groups in total. The summed E-state index contributed by atoms with van der Waals surface area (Å²) in [7, 11) is 0.